The number of imidazole rings is 1. The second-order valence-electron chi connectivity index (χ2n) is 6.75. The molecule has 0 spiro atoms. The zero-order chi connectivity index (χ0) is 21.3. The minimum atomic E-state index is -3.74. The number of hydrogen-bond acceptors (Lipinski definition) is 4. The van der Waals surface area contributed by atoms with Crippen LogP contribution in [0.1, 0.15) is 10.5 Å². The van der Waals surface area contributed by atoms with E-state index in [1.165, 1.54) is 41.1 Å². The topological polar surface area (TPSA) is 75.5 Å². The molecule has 30 heavy (non-hydrogen) atoms. The summed E-state index contributed by atoms with van der Waals surface area (Å²) in [5.41, 5.74) is 0.932. The fourth-order valence-corrected chi connectivity index (χ4v) is 5.26. The second-order valence-corrected chi connectivity index (χ2v) is 9.07. The van der Waals surface area contributed by atoms with E-state index in [1.54, 1.807) is 33.7 Å². The first-order chi connectivity index (χ1) is 14.4. The molecule has 1 aliphatic rings. The van der Waals surface area contributed by atoms with E-state index < -0.39 is 10.0 Å². The van der Waals surface area contributed by atoms with E-state index in [0.29, 0.717) is 11.4 Å². The Balaban J connectivity index is 1.49. The highest BCUT2D eigenvalue weighted by atomic mass is 35.5. The van der Waals surface area contributed by atoms with E-state index in [4.69, 9.17) is 11.6 Å². The van der Waals surface area contributed by atoms with Crippen molar-refractivity contribution in [3.05, 3.63) is 77.6 Å². The van der Waals surface area contributed by atoms with Gasteiger partial charge in [0.15, 0.2) is 0 Å². The minimum Gasteiger partial charge on any atom is -0.335 e. The molecule has 3 aromatic rings. The monoisotopic (exact) mass is 448 g/mol. The third-order valence-corrected chi connectivity index (χ3v) is 7.34. The van der Waals surface area contributed by atoms with Gasteiger partial charge in [-0.05, 0) is 36.4 Å². The van der Waals surface area contributed by atoms with Gasteiger partial charge in [0.2, 0.25) is 10.0 Å². The number of hydrogen-bond donors (Lipinski definition) is 0. The molecule has 0 aliphatic carbocycles. The number of halogens is 2. The van der Waals surface area contributed by atoms with Gasteiger partial charge < -0.3 is 4.90 Å². The van der Waals surface area contributed by atoms with E-state index in [-0.39, 0.29) is 47.8 Å². The number of nitrogens with zero attached hydrogens (tertiary/aromatic N) is 4. The summed E-state index contributed by atoms with van der Waals surface area (Å²) in [7, 11) is -3.74. The first-order valence-corrected chi connectivity index (χ1v) is 11.0. The van der Waals surface area contributed by atoms with Crippen LogP contribution in [0.2, 0.25) is 5.02 Å². The lowest BCUT2D eigenvalue weighted by Crippen LogP contribution is -2.50. The molecule has 156 valence electrons. The van der Waals surface area contributed by atoms with Crippen molar-refractivity contribution in [3.8, 4) is 5.69 Å². The zero-order valence-corrected chi connectivity index (χ0v) is 17.4. The molecule has 0 saturated carbocycles. The first-order valence-electron chi connectivity index (χ1n) is 9.20. The smallest absolute Gasteiger partial charge is 0.272 e. The van der Waals surface area contributed by atoms with Gasteiger partial charge in [0.25, 0.3) is 5.91 Å². The molecule has 2 heterocycles. The lowest BCUT2D eigenvalue weighted by atomic mass is 10.2. The van der Waals surface area contributed by atoms with Crippen LogP contribution in [0.3, 0.4) is 0 Å². The van der Waals surface area contributed by atoms with Crippen molar-refractivity contribution in [2.75, 3.05) is 26.2 Å². The molecule has 0 N–H and O–H groups in total. The number of carbonyl (C=O) groups excluding carboxylic acids is 1. The Labute approximate surface area is 178 Å². The Hall–Kier alpha value is -2.75. The van der Waals surface area contributed by atoms with Gasteiger partial charge in [-0.25, -0.2) is 17.8 Å². The SMILES string of the molecule is O=C(c1cncn1-c1ccc(F)cc1)N1CCN(S(=O)(=O)c2ccccc2Cl)CC1. The lowest BCUT2D eigenvalue weighted by Gasteiger charge is -2.34. The summed E-state index contributed by atoms with van der Waals surface area (Å²) in [4.78, 5) is 18.7. The van der Waals surface area contributed by atoms with Gasteiger partial charge in [-0.3, -0.25) is 9.36 Å². The van der Waals surface area contributed by atoms with Crippen molar-refractivity contribution < 1.29 is 17.6 Å². The van der Waals surface area contributed by atoms with Gasteiger partial charge >= 0.3 is 0 Å². The van der Waals surface area contributed by atoms with E-state index >= 15 is 0 Å². The lowest BCUT2D eigenvalue weighted by molar-refractivity contribution is 0.0690. The van der Waals surface area contributed by atoms with Crippen LogP contribution in [0.25, 0.3) is 5.69 Å². The molecule has 0 unspecified atom stereocenters. The predicted molar refractivity (Wildman–Crippen MR) is 110 cm³/mol. The Kier molecular flexibility index (Phi) is 5.59. The van der Waals surface area contributed by atoms with Gasteiger partial charge in [-0.2, -0.15) is 4.31 Å². The minimum absolute atomic E-state index is 0.0563. The molecule has 1 aromatic heterocycles. The Morgan fingerprint density at radius 1 is 1.00 bits per heavy atom. The Morgan fingerprint density at radius 2 is 1.67 bits per heavy atom. The molecule has 1 saturated heterocycles. The Morgan fingerprint density at radius 3 is 2.33 bits per heavy atom. The average Bonchev–Trinajstić information content (AvgIpc) is 3.24. The summed E-state index contributed by atoms with van der Waals surface area (Å²) in [5.74, 6) is -0.644. The van der Waals surface area contributed by atoms with Gasteiger partial charge in [-0.1, -0.05) is 23.7 Å². The fourth-order valence-electron chi connectivity index (χ4n) is 3.35. The number of sulfonamides is 1. The summed E-state index contributed by atoms with van der Waals surface area (Å²) in [6, 6.07) is 12.0. The van der Waals surface area contributed by atoms with E-state index in [2.05, 4.69) is 4.98 Å². The number of rotatable bonds is 4. The van der Waals surface area contributed by atoms with Crippen LogP contribution < -0.4 is 0 Å². The summed E-state index contributed by atoms with van der Waals surface area (Å²) in [5, 5.41) is 0.166. The van der Waals surface area contributed by atoms with Crippen LogP contribution in [0.4, 0.5) is 4.39 Å². The van der Waals surface area contributed by atoms with Crippen molar-refractivity contribution in [2.45, 2.75) is 4.90 Å². The maximum absolute atomic E-state index is 13.2. The normalized spacial score (nSPS) is 15.3. The van der Waals surface area contributed by atoms with Crippen molar-refractivity contribution in [3.63, 3.8) is 0 Å². The molecule has 7 nitrogen and oxygen atoms in total. The molecule has 4 rings (SSSR count). The molecular formula is C20H18ClFN4O3S. The molecular weight excluding hydrogens is 431 g/mol. The third kappa shape index (κ3) is 3.83. The van der Waals surface area contributed by atoms with Gasteiger partial charge in [-0.15, -0.1) is 0 Å². The highest BCUT2D eigenvalue weighted by Crippen LogP contribution is 2.25. The van der Waals surface area contributed by atoms with Gasteiger partial charge in [0.05, 0.1) is 17.5 Å². The molecule has 0 bridgehead atoms. The predicted octanol–water partition coefficient (Wildman–Crippen LogP) is 2.81. The van der Waals surface area contributed by atoms with Crippen molar-refractivity contribution in [2.24, 2.45) is 0 Å². The van der Waals surface area contributed by atoms with Crippen LogP contribution >= 0.6 is 11.6 Å². The highest BCUT2D eigenvalue weighted by Gasteiger charge is 2.32. The van der Waals surface area contributed by atoms with Crippen LogP contribution in [0.5, 0.6) is 0 Å². The summed E-state index contributed by atoms with van der Waals surface area (Å²) in [6.45, 7) is 0.780. The van der Waals surface area contributed by atoms with Crippen LogP contribution in [-0.4, -0.2) is 59.3 Å². The van der Waals surface area contributed by atoms with E-state index in [0.717, 1.165) is 0 Å². The molecule has 0 atom stereocenters. The van der Waals surface area contributed by atoms with Crippen LogP contribution in [0, 0.1) is 5.82 Å². The largest absolute Gasteiger partial charge is 0.335 e. The molecule has 0 radical (unpaired) electrons. The Bertz CT molecular complexity index is 1170. The molecule has 2 aromatic carbocycles. The summed E-state index contributed by atoms with van der Waals surface area (Å²) < 4.78 is 41.8. The second kappa shape index (κ2) is 8.17. The number of carbonyl (C=O) groups is 1. The van der Waals surface area contributed by atoms with Gasteiger partial charge in [0, 0.05) is 31.9 Å². The molecule has 1 amide bonds. The summed E-state index contributed by atoms with van der Waals surface area (Å²) >= 11 is 6.06. The third-order valence-electron chi connectivity index (χ3n) is 4.94. The van der Waals surface area contributed by atoms with Gasteiger partial charge in [0.1, 0.15) is 16.4 Å². The maximum Gasteiger partial charge on any atom is 0.272 e. The summed E-state index contributed by atoms with van der Waals surface area (Å²) in [6.07, 6.45) is 2.93. The van der Waals surface area contributed by atoms with Crippen molar-refractivity contribution >= 4 is 27.5 Å². The zero-order valence-electron chi connectivity index (χ0n) is 15.8. The number of piperazine rings is 1. The molecule has 1 aliphatic heterocycles. The molecule has 1 fully saturated rings. The van der Waals surface area contributed by atoms with Crippen LogP contribution in [0.15, 0.2) is 66.0 Å². The first kappa shape index (κ1) is 20.5. The van der Waals surface area contributed by atoms with Crippen molar-refractivity contribution in [1.82, 2.24) is 18.8 Å². The number of amides is 1. The fraction of sp³-hybridized carbons (Fsp3) is 0.200. The standard InChI is InChI=1S/C20H18ClFN4O3S/c21-17-3-1-2-4-19(17)30(28,29)25-11-9-24(10-12-25)20(27)18-13-23-14-26(18)16-7-5-15(22)6-8-16/h1-8,13-14H,9-12H2. The van der Waals surface area contributed by atoms with Crippen LogP contribution in [-0.2, 0) is 10.0 Å². The quantitative estimate of drug-likeness (QED) is 0.615. The van der Waals surface area contributed by atoms with Crippen molar-refractivity contribution in [1.29, 1.82) is 0 Å². The van der Waals surface area contributed by atoms with E-state index in [1.807, 2.05) is 0 Å². The average molecular weight is 449 g/mol. The number of aromatic nitrogens is 2. The maximum atomic E-state index is 13.2. The number of benzene rings is 2. The molecule has 10 heteroatoms. The van der Waals surface area contributed by atoms with E-state index in [9.17, 15) is 17.6 Å². The highest BCUT2D eigenvalue weighted by molar-refractivity contribution is 7.89.